The second-order valence-electron chi connectivity index (χ2n) is 6.07. The molecule has 20 heavy (non-hydrogen) atoms. The molecule has 0 bridgehead atoms. The van der Waals surface area contributed by atoms with Crippen molar-refractivity contribution in [2.24, 2.45) is 5.41 Å². The summed E-state index contributed by atoms with van der Waals surface area (Å²) in [4.78, 5) is 11.5. The smallest absolute Gasteiger partial charge is 0.330 e. The zero-order valence-electron chi connectivity index (χ0n) is 12.5. The minimum atomic E-state index is -0.356. The molecule has 0 aliphatic heterocycles. The van der Waals surface area contributed by atoms with Gasteiger partial charge in [0.2, 0.25) is 0 Å². The Balaban J connectivity index is 2.22. The van der Waals surface area contributed by atoms with Crippen molar-refractivity contribution in [3.05, 3.63) is 41.7 Å². The molecule has 0 saturated carbocycles. The Morgan fingerprint density at radius 1 is 1.20 bits per heavy atom. The molecular weight excluding hydrogens is 255 g/mol. The van der Waals surface area contributed by atoms with Crippen LogP contribution in [0.1, 0.15) is 45.6 Å². The topological polar surface area (TPSA) is 26.3 Å². The molecule has 0 fully saturated rings. The van der Waals surface area contributed by atoms with Gasteiger partial charge in [-0.3, -0.25) is 0 Å². The first-order chi connectivity index (χ1) is 9.37. The Morgan fingerprint density at radius 2 is 1.85 bits per heavy atom. The summed E-state index contributed by atoms with van der Waals surface area (Å²) >= 11 is 0. The second-order valence-corrected chi connectivity index (χ2v) is 6.07. The summed E-state index contributed by atoms with van der Waals surface area (Å²) in [6, 6.07) is 5.94. The van der Waals surface area contributed by atoms with Gasteiger partial charge in [0.25, 0.3) is 0 Å². The molecule has 1 aromatic carbocycles. The molecule has 0 amide bonds. The molecule has 0 N–H and O–H groups in total. The third-order valence-corrected chi connectivity index (χ3v) is 2.85. The highest BCUT2D eigenvalue weighted by molar-refractivity contribution is 5.86. The van der Waals surface area contributed by atoms with E-state index in [1.54, 1.807) is 18.2 Å². The lowest BCUT2D eigenvalue weighted by Crippen LogP contribution is -2.06. The molecule has 0 unspecified atom stereocenters. The first-order valence-electron chi connectivity index (χ1n) is 6.97. The fourth-order valence-electron chi connectivity index (χ4n) is 1.72. The number of hydrogen-bond donors (Lipinski definition) is 0. The van der Waals surface area contributed by atoms with Crippen LogP contribution in [0.4, 0.5) is 4.39 Å². The lowest BCUT2D eigenvalue weighted by Gasteiger charge is -2.17. The van der Waals surface area contributed by atoms with Crippen molar-refractivity contribution in [3.8, 4) is 0 Å². The summed E-state index contributed by atoms with van der Waals surface area (Å²) in [5.74, 6) is -0.645. The molecule has 0 heterocycles. The van der Waals surface area contributed by atoms with E-state index < -0.39 is 0 Å². The predicted octanol–water partition coefficient (Wildman–Crippen LogP) is 4.60. The number of halogens is 1. The molecule has 0 atom stereocenters. The van der Waals surface area contributed by atoms with Crippen LogP contribution in [0.5, 0.6) is 0 Å². The largest absolute Gasteiger partial charge is 0.463 e. The van der Waals surface area contributed by atoms with Crippen molar-refractivity contribution in [1.29, 1.82) is 0 Å². The van der Waals surface area contributed by atoms with E-state index in [0.29, 0.717) is 12.0 Å². The third kappa shape index (κ3) is 7.72. The van der Waals surface area contributed by atoms with Gasteiger partial charge in [0.1, 0.15) is 5.82 Å². The van der Waals surface area contributed by atoms with E-state index in [1.165, 1.54) is 18.2 Å². The maximum atomic E-state index is 12.7. The zero-order valence-corrected chi connectivity index (χ0v) is 12.5. The fourth-order valence-corrected chi connectivity index (χ4v) is 1.72. The van der Waals surface area contributed by atoms with E-state index in [2.05, 4.69) is 20.8 Å². The van der Waals surface area contributed by atoms with Crippen LogP contribution in [-0.4, -0.2) is 12.6 Å². The number of ether oxygens (including phenoxy) is 1. The average Bonchev–Trinajstić information content (AvgIpc) is 2.36. The Morgan fingerprint density at radius 3 is 2.45 bits per heavy atom. The van der Waals surface area contributed by atoms with E-state index in [4.69, 9.17) is 4.74 Å². The Hall–Kier alpha value is -1.64. The van der Waals surface area contributed by atoms with E-state index in [0.717, 1.165) is 24.8 Å². The molecule has 110 valence electrons. The minimum Gasteiger partial charge on any atom is -0.463 e. The fraction of sp³-hybridized carbons (Fsp3) is 0.471. The molecule has 0 aliphatic rings. The molecule has 0 radical (unpaired) electrons. The average molecular weight is 278 g/mol. The highest BCUT2D eigenvalue weighted by Gasteiger charge is 2.09. The summed E-state index contributed by atoms with van der Waals surface area (Å²) in [5, 5.41) is 0. The Bertz CT molecular complexity index is 441. The SMILES string of the molecule is CC(C)(C)CCCCOC(=O)/C=C/c1ccc(F)cc1. The van der Waals surface area contributed by atoms with Gasteiger partial charge >= 0.3 is 5.97 Å². The molecule has 2 nitrogen and oxygen atoms in total. The van der Waals surface area contributed by atoms with E-state index in [-0.39, 0.29) is 11.8 Å². The second kappa shape index (κ2) is 7.83. The zero-order chi connectivity index (χ0) is 15.0. The first kappa shape index (κ1) is 16.4. The standard InChI is InChI=1S/C17H23FO2/c1-17(2,3)12-4-5-13-20-16(19)11-8-14-6-9-15(18)10-7-14/h6-11H,4-5,12-13H2,1-3H3/b11-8+. The quantitative estimate of drug-likeness (QED) is 0.432. The summed E-state index contributed by atoms with van der Waals surface area (Å²) < 4.78 is 17.8. The molecular formula is C17H23FO2. The summed E-state index contributed by atoms with van der Waals surface area (Å²) in [6.07, 6.45) is 6.05. The van der Waals surface area contributed by atoms with Gasteiger partial charge in [-0.1, -0.05) is 32.9 Å². The van der Waals surface area contributed by atoms with E-state index in [1.807, 2.05) is 0 Å². The van der Waals surface area contributed by atoms with Gasteiger partial charge in [-0.05, 0) is 48.4 Å². The maximum absolute atomic E-state index is 12.7. The van der Waals surface area contributed by atoms with Crippen molar-refractivity contribution < 1.29 is 13.9 Å². The van der Waals surface area contributed by atoms with Crippen LogP contribution in [0.2, 0.25) is 0 Å². The van der Waals surface area contributed by atoms with Gasteiger partial charge in [0.15, 0.2) is 0 Å². The monoisotopic (exact) mass is 278 g/mol. The number of carbonyl (C=O) groups is 1. The molecule has 3 heteroatoms. The van der Waals surface area contributed by atoms with Crippen molar-refractivity contribution in [3.63, 3.8) is 0 Å². The van der Waals surface area contributed by atoms with Crippen LogP contribution in [-0.2, 0) is 9.53 Å². The highest BCUT2D eigenvalue weighted by atomic mass is 19.1. The van der Waals surface area contributed by atoms with E-state index in [9.17, 15) is 9.18 Å². The van der Waals surface area contributed by atoms with Gasteiger partial charge in [0.05, 0.1) is 6.61 Å². The van der Waals surface area contributed by atoms with Gasteiger partial charge in [-0.2, -0.15) is 0 Å². The van der Waals surface area contributed by atoms with Crippen molar-refractivity contribution in [2.45, 2.75) is 40.0 Å². The van der Waals surface area contributed by atoms with Gasteiger partial charge in [-0.25, -0.2) is 9.18 Å². The molecule has 1 aromatic rings. The molecule has 0 aliphatic carbocycles. The number of esters is 1. The number of carbonyl (C=O) groups excluding carboxylic acids is 1. The summed E-state index contributed by atoms with van der Waals surface area (Å²) in [7, 11) is 0. The number of hydrogen-bond acceptors (Lipinski definition) is 2. The Kier molecular flexibility index (Phi) is 6.43. The van der Waals surface area contributed by atoms with Gasteiger partial charge in [0, 0.05) is 6.08 Å². The molecule has 0 saturated heterocycles. The Labute approximate surface area is 120 Å². The lowest BCUT2D eigenvalue weighted by molar-refractivity contribution is -0.137. The lowest BCUT2D eigenvalue weighted by atomic mass is 9.90. The summed E-state index contributed by atoms with van der Waals surface area (Å²) in [6.45, 7) is 7.04. The minimum absolute atomic E-state index is 0.288. The van der Waals surface area contributed by atoms with Crippen LogP contribution in [0.25, 0.3) is 6.08 Å². The molecule has 0 spiro atoms. The normalized spacial score (nSPS) is 11.8. The maximum Gasteiger partial charge on any atom is 0.330 e. The van der Waals surface area contributed by atoms with Gasteiger partial charge in [-0.15, -0.1) is 0 Å². The molecule has 0 aromatic heterocycles. The van der Waals surface area contributed by atoms with Crippen molar-refractivity contribution in [2.75, 3.05) is 6.61 Å². The predicted molar refractivity (Wildman–Crippen MR) is 79.7 cm³/mol. The first-order valence-corrected chi connectivity index (χ1v) is 6.97. The van der Waals surface area contributed by atoms with Crippen LogP contribution >= 0.6 is 0 Å². The van der Waals surface area contributed by atoms with Crippen LogP contribution in [0.3, 0.4) is 0 Å². The van der Waals surface area contributed by atoms with Crippen molar-refractivity contribution in [1.82, 2.24) is 0 Å². The van der Waals surface area contributed by atoms with Crippen LogP contribution in [0.15, 0.2) is 30.3 Å². The number of unbranched alkanes of at least 4 members (excludes halogenated alkanes) is 1. The number of benzene rings is 1. The van der Waals surface area contributed by atoms with Crippen LogP contribution < -0.4 is 0 Å². The third-order valence-electron chi connectivity index (χ3n) is 2.85. The highest BCUT2D eigenvalue weighted by Crippen LogP contribution is 2.21. The number of rotatable bonds is 6. The van der Waals surface area contributed by atoms with Gasteiger partial charge < -0.3 is 4.74 Å². The van der Waals surface area contributed by atoms with Crippen LogP contribution in [0, 0.1) is 11.2 Å². The van der Waals surface area contributed by atoms with E-state index >= 15 is 0 Å². The summed E-state index contributed by atoms with van der Waals surface area (Å²) in [5.41, 5.74) is 1.10. The molecule has 1 rings (SSSR count). The van der Waals surface area contributed by atoms with Crippen molar-refractivity contribution >= 4 is 12.0 Å².